The number of hydrogen-bond donors (Lipinski definition) is 1. The molecule has 1 aromatic heterocycles. The average molecular weight is 216 g/mol. The molecule has 0 amide bonds. The molecular weight excluding hydrogens is 200 g/mol. The van der Waals surface area contributed by atoms with E-state index in [-0.39, 0.29) is 0 Å². The second-order valence-electron chi connectivity index (χ2n) is 3.93. The first kappa shape index (κ1) is 10.9. The predicted octanol–water partition coefficient (Wildman–Crippen LogP) is 2.68. The van der Waals surface area contributed by atoms with Crippen LogP contribution in [0.25, 0.3) is 11.3 Å². The summed E-state index contributed by atoms with van der Waals surface area (Å²) in [6, 6.07) is 6.24. The van der Waals surface area contributed by atoms with Gasteiger partial charge in [0.25, 0.3) is 0 Å². The van der Waals surface area contributed by atoms with Crippen molar-refractivity contribution in [2.24, 2.45) is 0 Å². The third-order valence-electron chi connectivity index (χ3n) is 2.69. The Morgan fingerprint density at radius 3 is 2.56 bits per heavy atom. The number of benzene rings is 1. The standard InChI is InChI=1S/C13H16N2O/c1-9-5-4-6-10(2)12(9)13-11(7-14-3)15-8-16-13/h4-6,8,14H,7H2,1-3H3. The van der Waals surface area contributed by atoms with Gasteiger partial charge in [0.1, 0.15) is 5.69 Å². The molecule has 84 valence electrons. The van der Waals surface area contributed by atoms with Gasteiger partial charge in [-0.2, -0.15) is 0 Å². The molecule has 1 heterocycles. The van der Waals surface area contributed by atoms with E-state index in [9.17, 15) is 0 Å². The largest absolute Gasteiger partial charge is 0.443 e. The normalized spacial score (nSPS) is 10.7. The average Bonchev–Trinajstić information content (AvgIpc) is 2.67. The minimum Gasteiger partial charge on any atom is -0.443 e. The fraction of sp³-hybridized carbons (Fsp3) is 0.308. The molecule has 1 aromatic carbocycles. The summed E-state index contributed by atoms with van der Waals surface area (Å²) in [6.45, 7) is 4.90. The summed E-state index contributed by atoms with van der Waals surface area (Å²) in [7, 11) is 1.91. The van der Waals surface area contributed by atoms with Gasteiger partial charge in [0.15, 0.2) is 12.2 Å². The Morgan fingerprint density at radius 2 is 1.94 bits per heavy atom. The lowest BCUT2D eigenvalue weighted by molar-refractivity contribution is 0.569. The summed E-state index contributed by atoms with van der Waals surface area (Å²) in [4.78, 5) is 4.24. The minimum atomic E-state index is 0.722. The van der Waals surface area contributed by atoms with E-state index in [1.54, 1.807) is 0 Å². The molecule has 0 spiro atoms. The Kier molecular flexibility index (Phi) is 3.06. The van der Waals surface area contributed by atoms with E-state index in [1.165, 1.54) is 17.5 Å². The zero-order valence-corrected chi connectivity index (χ0v) is 9.87. The van der Waals surface area contributed by atoms with Crippen LogP contribution in [-0.2, 0) is 6.54 Å². The van der Waals surface area contributed by atoms with Gasteiger partial charge in [-0.1, -0.05) is 18.2 Å². The van der Waals surface area contributed by atoms with Crippen molar-refractivity contribution in [1.82, 2.24) is 10.3 Å². The van der Waals surface area contributed by atoms with Gasteiger partial charge in [-0.15, -0.1) is 0 Å². The van der Waals surface area contributed by atoms with Crippen LogP contribution >= 0.6 is 0 Å². The van der Waals surface area contributed by atoms with Crippen LogP contribution in [0.2, 0.25) is 0 Å². The van der Waals surface area contributed by atoms with Gasteiger partial charge in [-0.05, 0) is 32.0 Å². The van der Waals surface area contributed by atoms with Crippen molar-refractivity contribution in [2.45, 2.75) is 20.4 Å². The molecule has 0 aliphatic heterocycles. The SMILES string of the molecule is CNCc1ncoc1-c1c(C)cccc1C. The Bertz CT molecular complexity index is 468. The molecule has 0 unspecified atom stereocenters. The maximum Gasteiger partial charge on any atom is 0.181 e. The van der Waals surface area contributed by atoms with Crippen molar-refractivity contribution in [3.05, 3.63) is 41.4 Å². The molecule has 3 heteroatoms. The number of hydrogen-bond acceptors (Lipinski definition) is 3. The van der Waals surface area contributed by atoms with Gasteiger partial charge in [0, 0.05) is 12.1 Å². The van der Waals surface area contributed by atoms with E-state index in [4.69, 9.17) is 4.42 Å². The molecule has 16 heavy (non-hydrogen) atoms. The lowest BCUT2D eigenvalue weighted by atomic mass is 10.00. The predicted molar refractivity (Wildman–Crippen MR) is 64.2 cm³/mol. The van der Waals surface area contributed by atoms with Crippen LogP contribution in [0.5, 0.6) is 0 Å². The van der Waals surface area contributed by atoms with E-state index in [0.717, 1.165) is 23.6 Å². The van der Waals surface area contributed by atoms with E-state index < -0.39 is 0 Å². The Labute approximate surface area is 95.5 Å². The highest BCUT2D eigenvalue weighted by atomic mass is 16.3. The third kappa shape index (κ3) is 1.86. The Hall–Kier alpha value is -1.61. The second-order valence-corrected chi connectivity index (χ2v) is 3.93. The maximum absolute atomic E-state index is 5.51. The molecule has 2 aromatic rings. The van der Waals surface area contributed by atoms with Crippen molar-refractivity contribution >= 4 is 0 Å². The maximum atomic E-state index is 5.51. The molecule has 1 N–H and O–H groups in total. The zero-order valence-electron chi connectivity index (χ0n) is 9.87. The molecule has 0 bridgehead atoms. The molecule has 0 saturated heterocycles. The number of aromatic nitrogens is 1. The highest BCUT2D eigenvalue weighted by molar-refractivity contribution is 5.67. The first-order valence-corrected chi connectivity index (χ1v) is 5.37. The summed E-state index contributed by atoms with van der Waals surface area (Å²) in [6.07, 6.45) is 1.51. The highest BCUT2D eigenvalue weighted by Crippen LogP contribution is 2.29. The molecule has 0 aliphatic carbocycles. The second kappa shape index (κ2) is 4.49. The molecular formula is C13H16N2O. The summed E-state index contributed by atoms with van der Waals surface area (Å²) in [5, 5.41) is 3.10. The van der Waals surface area contributed by atoms with Gasteiger partial charge >= 0.3 is 0 Å². The first-order valence-electron chi connectivity index (χ1n) is 5.37. The molecule has 0 atom stereocenters. The quantitative estimate of drug-likeness (QED) is 0.857. The van der Waals surface area contributed by atoms with Crippen LogP contribution in [0.3, 0.4) is 0 Å². The number of rotatable bonds is 3. The highest BCUT2D eigenvalue weighted by Gasteiger charge is 2.14. The monoisotopic (exact) mass is 216 g/mol. The van der Waals surface area contributed by atoms with E-state index in [0.29, 0.717) is 0 Å². The zero-order chi connectivity index (χ0) is 11.5. The van der Waals surface area contributed by atoms with E-state index in [1.807, 2.05) is 7.05 Å². The summed E-state index contributed by atoms with van der Waals surface area (Å²) < 4.78 is 5.51. The van der Waals surface area contributed by atoms with Crippen LogP contribution in [0.15, 0.2) is 29.0 Å². The Morgan fingerprint density at radius 1 is 1.25 bits per heavy atom. The van der Waals surface area contributed by atoms with Crippen LogP contribution < -0.4 is 5.32 Å². The molecule has 2 rings (SSSR count). The van der Waals surface area contributed by atoms with E-state index in [2.05, 4.69) is 42.3 Å². The summed E-state index contributed by atoms with van der Waals surface area (Å²) in [5.74, 6) is 0.880. The fourth-order valence-corrected chi connectivity index (χ4v) is 1.94. The van der Waals surface area contributed by atoms with Gasteiger partial charge in [0.05, 0.1) is 0 Å². The van der Waals surface area contributed by atoms with Crippen LogP contribution in [0.4, 0.5) is 0 Å². The van der Waals surface area contributed by atoms with Gasteiger partial charge in [-0.3, -0.25) is 0 Å². The molecule has 0 radical (unpaired) electrons. The number of oxazole rings is 1. The molecule has 0 saturated carbocycles. The van der Waals surface area contributed by atoms with Crippen molar-refractivity contribution in [3.8, 4) is 11.3 Å². The van der Waals surface area contributed by atoms with Crippen molar-refractivity contribution < 1.29 is 4.42 Å². The van der Waals surface area contributed by atoms with Crippen molar-refractivity contribution in [3.63, 3.8) is 0 Å². The topological polar surface area (TPSA) is 38.1 Å². The van der Waals surface area contributed by atoms with Gasteiger partial charge in [-0.25, -0.2) is 4.98 Å². The van der Waals surface area contributed by atoms with Crippen molar-refractivity contribution in [2.75, 3.05) is 7.05 Å². The molecule has 3 nitrogen and oxygen atoms in total. The van der Waals surface area contributed by atoms with Gasteiger partial charge in [0.2, 0.25) is 0 Å². The van der Waals surface area contributed by atoms with Crippen LogP contribution in [-0.4, -0.2) is 12.0 Å². The lowest BCUT2D eigenvalue weighted by Crippen LogP contribution is -2.06. The number of nitrogens with one attached hydrogen (secondary N) is 1. The number of nitrogens with zero attached hydrogens (tertiary/aromatic N) is 1. The summed E-state index contributed by atoms with van der Waals surface area (Å²) >= 11 is 0. The smallest absolute Gasteiger partial charge is 0.181 e. The Balaban J connectivity index is 2.54. The first-order chi connectivity index (χ1) is 7.74. The molecule has 0 fully saturated rings. The number of aryl methyl sites for hydroxylation is 2. The van der Waals surface area contributed by atoms with E-state index >= 15 is 0 Å². The van der Waals surface area contributed by atoms with Crippen molar-refractivity contribution in [1.29, 1.82) is 0 Å². The van der Waals surface area contributed by atoms with Gasteiger partial charge < -0.3 is 9.73 Å². The van der Waals surface area contributed by atoms with Crippen LogP contribution in [0.1, 0.15) is 16.8 Å². The van der Waals surface area contributed by atoms with Crippen LogP contribution in [0, 0.1) is 13.8 Å². The minimum absolute atomic E-state index is 0.722. The third-order valence-corrected chi connectivity index (χ3v) is 2.69. The summed E-state index contributed by atoms with van der Waals surface area (Å²) in [5.41, 5.74) is 4.55. The molecule has 0 aliphatic rings. The lowest BCUT2D eigenvalue weighted by Gasteiger charge is -2.08. The fourth-order valence-electron chi connectivity index (χ4n) is 1.94.